The summed E-state index contributed by atoms with van der Waals surface area (Å²) in [5.41, 5.74) is 0.782. The van der Waals surface area contributed by atoms with Gasteiger partial charge in [0.25, 0.3) is 0 Å². The second-order valence-electron chi connectivity index (χ2n) is 3.92. The molecule has 0 aromatic heterocycles. The Morgan fingerprint density at radius 1 is 1.11 bits per heavy atom. The van der Waals surface area contributed by atoms with Crippen molar-refractivity contribution in [3.05, 3.63) is 59.1 Å². The van der Waals surface area contributed by atoms with Crippen LogP contribution >= 0.6 is 11.6 Å². The highest BCUT2D eigenvalue weighted by Crippen LogP contribution is 2.26. The van der Waals surface area contributed by atoms with E-state index in [9.17, 15) is 4.79 Å². The lowest BCUT2D eigenvalue weighted by atomic mass is 10.1. The van der Waals surface area contributed by atoms with E-state index in [0.29, 0.717) is 16.5 Å². The molecule has 3 nitrogen and oxygen atoms in total. The number of para-hydroxylation sites is 1. The van der Waals surface area contributed by atoms with Crippen LogP contribution in [0, 0.1) is 0 Å². The molecule has 0 aliphatic rings. The topological polar surface area (TPSA) is 35.5 Å². The van der Waals surface area contributed by atoms with Crippen molar-refractivity contribution in [2.45, 2.75) is 6.42 Å². The molecule has 0 radical (unpaired) electrons. The van der Waals surface area contributed by atoms with Gasteiger partial charge in [-0.15, -0.1) is 0 Å². The predicted molar refractivity (Wildman–Crippen MR) is 73.7 cm³/mol. The van der Waals surface area contributed by atoms with E-state index in [1.54, 1.807) is 24.3 Å². The average Bonchev–Trinajstić information content (AvgIpc) is 2.43. The van der Waals surface area contributed by atoms with Gasteiger partial charge in [-0.2, -0.15) is 0 Å². The van der Waals surface area contributed by atoms with Crippen LogP contribution in [0.4, 0.5) is 0 Å². The van der Waals surface area contributed by atoms with Crippen molar-refractivity contribution in [1.82, 2.24) is 0 Å². The van der Waals surface area contributed by atoms with Crippen LogP contribution in [-0.2, 0) is 16.0 Å². The largest absolute Gasteiger partial charge is 0.469 e. The highest BCUT2D eigenvalue weighted by molar-refractivity contribution is 6.30. The van der Waals surface area contributed by atoms with E-state index < -0.39 is 0 Å². The maximum Gasteiger partial charge on any atom is 0.310 e. The van der Waals surface area contributed by atoms with Crippen LogP contribution < -0.4 is 4.74 Å². The first-order chi connectivity index (χ1) is 9.19. The van der Waals surface area contributed by atoms with Crippen molar-refractivity contribution in [2.24, 2.45) is 0 Å². The van der Waals surface area contributed by atoms with Gasteiger partial charge in [0.1, 0.15) is 11.5 Å². The number of carbonyl (C=O) groups is 1. The molecule has 2 rings (SSSR count). The van der Waals surface area contributed by atoms with Gasteiger partial charge >= 0.3 is 5.97 Å². The SMILES string of the molecule is COC(=O)Cc1ccccc1Oc1ccc(Cl)cc1. The molecule has 0 amide bonds. The Labute approximate surface area is 116 Å². The van der Waals surface area contributed by atoms with Gasteiger partial charge in [0.2, 0.25) is 0 Å². The Hall–Kier alpha value is -2.00. The van der Waals surface area contributed by atoms with Gasteiger partial charge in [-0.25, -0.2) is 0 Å². The summed E-state index contributed by atoms with van der Waals surface area (Å²) in [7, 11) is 1.37. The monoisotopic (exact) mass is 276 g/mol. The third-order valence-electron chi connectivity index (χ3n) is 2.58. The zero-order valence-corrected chi connectivity index (χ0v) is 11.2. The minimum Gasteiger partial charge on any atom is -0.469 e. The molecule has 98 valence electrons. The van der Waals surface area contributed by atoms with E-state index in [0.717, 1.165) is 5.56 Å². The molecule has 0 spiro atoms. The molecule has 0 heterocycles. The van der Waals surface area contributed by atoms with E-state index in [1.165, 1.54) is 7.11 Å². The summed E-state index contributed by atoms with van der Waals surface area (Å²) < 4.78 is 10.4. The fraction of sp³-hybridized carbons (Fsp3) is 0.133. The van der Waals surface area contributed by atoms with Crippen molar-refractivity contribution < 1.29 is 14.3 Å². The number of carbonyl (C=O) groups excluding carboxylic acids is 1. The molecular formula is C15H13ClO3. The lowest BCUT2D eigenvalue weighted by molar-refractivity contribution is -0.139. The molecule has 0 atom stereocenters. The molecule has 2 aromatic rings. The number of halogens is 1. The molecule has 4 heteroatoms. The van der Waals surface area contributed by atoms with Gasteiger partial charge in [-0.3, -0.25) is 4.79 Å². The summed E-state index contributed by atoms with van der Waals surface area (Å²) in [5, 5.41) is 0.648. The first-order valence-corrected chi connectivity index (χ1v) is 6.15. The van der Waals surface area contributed by atoms with Gasteiger partial charge in [0, 0.05) is 10.6 Å². The first-order valence-electron chi connectivity index (χ1n) is 5.77. The Bertz CT molecular complexity index is 564. The smallest absolute Gasteiger partial charge is 0.310 e. The second-order valence-corrected chi connectivity index (χ2v) is 4.35. The Balaban J connectivity index is 2.20. The van der Waals surface area contributed by atoms with Crippen molar-refractivity contribution in [3.63, 3.8) is 0 Å². The van der Waals surface area contributed by atoms with Crippen molar-refractivity contribution in [3.8, 4) is 11.5 Å². The van der Waals surface area contributed by atoms with Gasteiger partial charge in [-0.05, 0) is 30.3 Å². The number of methoxy groups -OCH3 is 1. The molecule has 2 aromatic carbocycles. The van der Waals surface area contributed by atoms with Crippen LogP contribution in [0.1, 0.15) is 5.56 Å². The van der Waals surface area contributed by atoms with Gasteiger partial charge in [0.05, 0.1) is 13.5 Å². The summed E-state index contributed by atoms with van der Waals surface area (Å²) >= 11 is 5.82. The highest BCUT2D eigenvalue weighted by atomic mass is 35.5. The van der Waals surface area contributed by atoms with E-state index in [4.69, 9.17) is 16.3 Å². The molecule has 0 unspecified atom stereocenters. The summed E-state index contributed by atoms with van der Waals surface area (Å²) in [5.74, 6) is 1.00. The summed E-state index contributed by atoms with van der Waals surface area (Å²) in [6.07, 6.45) is 0.181. The molecule has 0 bridgehead atoms. The summed E-state index contributed by atoms with van der Waals surface area (Å²) in [6.45, 7) is 0. The third-order valence-corrected chi connectivity index (χ3v) is 2.83. The number of ether oxygens (including phenoxy) is 2. The van der Waals surface area contributed by atoms with Crippen LogP contribution in [0.15, 0.2) is 48.5 Å². The Morgan fingerprint density at radius 3 is 2.47 bits per heavy atom. The molecule has 0 saturated heterocycles. The van der Waals surface area contributed by atoms with E-state index in [-0.39, 0.29) is 12.4 Å². The molecule has 0 aliphatic carbocycles. The molecular weight excluding hydrogens is 264 g/mol. The maximum atomic E-state index is 11.3. The first kappa shape index (κ1) is 13.4. The lowest BCUT2D eigenvalue weighted by Gasteiger charge is -2.10. The number of hydrogen-bond donors (Lipinski definition) is 0. The number of rotatable bonds is 4. The number of esters is 1. The summed E-state index contributed by atoms with van der Waals surface area (Å²) in [4.78, 5) is 11.3. The summed E-state index contributed by atoms with van der Waals surface area (Å²) in [6, 6.07) is 14.4. The van der Waals surface area contributed by atoms with Crippen molar-refractivity contribution in [2.75, 3.05) is 7.11 Å². The van der Waals surface area contributed by atoms with Crippen molar-refractivity contribution >= 4 is 17.6 Å². The Kier molecular flexibility index (Phi) is 4.42. The fourth-order valence-electron chi connectivity index (χ4n) is 1.61. The van der Waals surface area contributed by atoms with E-state index >= 15 is 0 Å². The van der Waals surface area contributed by atoms with E-state index in [1.807, 2.05) is 24.3 Å². The van der Waals surface area contributed by atoms with Gasteiger partial charge < -0.3 is 9.47 Å². The lowest BCUT2D eigenvalue weighted by Crippen LogP contribution is -2.05. The zero-order valence-electron chi connectivity index (χ0n) is 10.4. The molecule has 0 saturated carbocycles. The van der Waals surface area contributed by atoms with Crippen molar-refractivity contribution in [1.29, 1.82) is 0 Å². The van der Waals surface area contributed by atoms with Crippen LogP contribution in [0.25, 0.3) is 0 Å². The maximum absolute atomic E-state index is 11.3. The second kappa shape index (κ2) is 6.25. The average molecular weight is 277 g/mol. The van der Waals surface area contributed by atoms with Crippen LogP contribution in [0.2, 0.25) is 5.02 Å². The zero-order chi connectivity index (χ0) is 13.7. The Morgan fingerprint density at radius 2 is 1.79 bits per heavy atom. The minimum absolute atomic E-state index is 0.181. The van der Waals surface area contributed by atoms with Crippen LogP contribution in [0.5, 0.6) is 11.5 Å². The molecule has 0 fully saturated rings. The highest BCUT2D eigenvalue weighted by Gasteiger charge is 2.09. The normalized spacial score (nSPS) is 10.0. The molecule has 19 heavy (non-hydrogen) atoms. The molecule has 0 N–H and O–H groups in total. The number of benzene rings is 2. The predicted octanol–water partition coefficient (Wildman–Crippen LogP) is 3.85. The standard InChI is InChI=1S/C15H13ClO3/c1-18-15(17)10-11-4-2-3-5-14(11)19-13-8-6-12(16)7-9-13/h2-9H,10H2,1H3. The fourth-order valence-corrected chi connectivity index (χ4v) is 1.73. The van der Waals surface area contributed by atoms with Gasteiger partial charge in [0.15, 0.2) is 0 Å². The third kappa shape index (κ3) is 3.73. The quantitative estimate of drug-likeness (QED) is 0.796. The molecule has 0 aliphatic heterocycles. The minimum atomic E-state index is -0.299. The number of hydrogen-bond acceptors (Lipinski definition) is 3. The van der Waals surface area contributed by atoms with Gasteiger partial charge in [-0.1, -0.05) is 29.8 Å². The van der Waals surface area contributed by atoms with E-state index in [2.05, 4.69) is 4.74 Å². The van der Waals surface area contributed by atoms with Crippen LogP contribution in [-0.4, -0.2) is 13.1 Å². The van der Waals surface area contributed by atoms with Crippen LogP contribution in [0.3, 0.4) is 0 Å².